The van der Waals surface area contributed by atoms with Gasteiger partial charge in [-0.15, -0.1) is 10.2 Å². The minimum absolute atomic E-state index is 0.0977. The molecular formula is C21H22N6OS. The van der Waals surface area contributed by atoms with Gasteiger partial charge in [0, 0.05) is 23.5 Å². The first kappa shape index (κ1) is 20.7. The average Bonchev–Trinajstić information content (AvgIpc) is 3.09. The van der Waals surface area contributed by atoms with E-state index < -0.39 is 5.92 Å². The van der Waals surface area contributed by atoms with E-state index in [4.69, 9.17) is 0 Å². The van der Waals surface area contributed by atoms with Gasteiger partial charge >= 0.3 is 0 Å². The Labute approximate surface area is 174 Å². The zero-order valence-corrected chi connectivity index (χ0v) is 17.7. The number of rotatable bonds is 7. The molecule has 0 fully saturated rings. The molecule has 0 aliphatic heterocycles. The molecule has 2 aromatic heterocycles. The molecule has 0 spiro atoms. The van der Waals surface area contributed by atoms with E-state index in [1.165, 1.54) is 11.8 Å². The van der Waals surface area contributed by atoms with Crippen LogP contribution in [-0.2, 0) is 11.3 Å². The van der Waals surface area contributed by atoms with Crippen molar-refractivity contribution in [3.8, 4) is 17.5 Å². The summed E-state index contributed by atoms with van der Waals surface area (Å²) < 4.78 is 1.97. The summed E-state index contributed by atoms with van der Waals surface area (Å²) in [5, 5.41) is 18.7. The van der Waals surface area contributed by atoms with Crippen LogP contribution in [0.3, 0.4) is 0 Å². The van der Waals surface area contributed by atoms with Crippen molar-refractivity contribution in [3.63, 3.8) is 0 Å². The fourth-order valence-electron chi connectivity index (χ4n) is 3.05. The second-order valence-electron chi connectivity index (χ2n) is 6.75. The summed E-state index contributed by atoms with van der Waals surface area (Å²) in [6.07, 6.45) is 0. The lowest BCUT2D eigenvalue weighted by Gasteiger charge is -2.10. The SMILES string of the molecule is CCn1c(SCC(=O)C(C#N)c2nc(C)cc(C)n2)nnc1-c1cccc(C)c1. The molecule has 0 saturated carbocycles. The number of benzene rings is 1. The maximum atomic E-state index is 12.7. The first-order valence-corrected chi connectivity index (χ1v) is 10.3. The van der Waals surface area contributed by atoms with Crippen molar-refractivity contribution >= 4 is 17.5 Å². The van der Waals surface area contributed by atoms with E-state index in [1.807, 2.05) is 62.6 Å². The molecule has 1 aromatic carbocycles. The van der Waals surface area contributed by atoms with Crippen LogP contribution < -0.4 is 0 Å². The number of carbonyl (C=O) groups is 1. The van der Waals surface area contributed by atoms with E-state index in [-0.39, 0.29) is 17.4 Å². The summed E-state index contributed by atoms with van der Waals surface area (Å²) in [6, 6.07) is 11.9. The van der Waals surface area contributed by atoms with Crippen LogP contribution >= 0.6 is 11.8 Å². The van der Waals surface area contributed by atoms with Crippen molar-refractivity contribution in [1.29, 1.82) is 5.26 Å². The second kappa shape index (κ2) is 8.97. The van der Waals surface area contributed by atoms with Crippen molar-refractivity contribution < 1.29 is 4.79 Å². The number of aromatic nitrogens is 5. The Bertz CT molecular complexity index is 1060. The minimum Gasteiger partial charge on any atom is -0.302 e. The standard InChI is InChI=1S/C21H22N6OS/c1-5-27-20(16-8-6-7-13(2)9-16)25-26-21(27)29-12-18(28)17(11-22)19-23-14(3)10-15(4)24-19/h6-10,17H,5,12H2,1-4H3. The van der Waals surface area contributed by atoms with Gasteiger partial charge in [0.05, 0.1) is 11.8 Å². The Morgan fingerprint density at radius 3 is 2.52 bits per heavy atom. The Hall–Kier alpha value is -3.05. The number of nitrogens with zero attached hydrogens (tertiary/aromatic N) is 6. The lowest BCUT2D eigenvalue weighted by Crippen LogP contribution is -2.17. The molecule has 0 saturated heterocycles. The first-order chi connectivity index (χ1) is 13.9. The monoisotopic (exact) mass is 406 g/mol. The molecule has 1 unspecified atom stereocenters. The van der Waals surface area contributed by atoms with Crippen LogP contribution in [0.5, 0.6) is 0 Å². The maximum Gasteiger partial charge on any atom is 0.191 e. The van der Waals surface area contributed by atoms with Gasteiger partial charge in [-0.1, -0.05) is 35.5 Å². The second-order valence-corrected chi connectivity index (χ2v) is 7.69. The van der Waals surface area contributed by atoms with Gasteiger partial charge in [0.15, 0.2) is 28.5 Å². The molecule has 0 N–H and O–H groups in total. The van der Waals surface area contributed by atoms with E-state index in [0.29, 0.717) is 11.7 Å². The molecule has 148 valence electrons. The zero-order valence-electron chi connectivity index (χ0n) is 16.9. The number of aryl methyl sites for hydroxylation is 3. The third kappa shape index (κ3) is 4.69. The molecule has 29 heavy (non-hydrogen) atoms. The van der Waals surface area contributed by atoms with Gasteiger partial charge in [-0.05, 0) is 39.8 Å². The average molecular weight is 407 g/mol. The van der Waals surface area contributed by atoms with Crippen molar-refractivity contribution in [3.05, 3.63) is 53.1 Å². The van der Waals surface area contributed by atoms with E-state index in [0.717, 1.165) is 28.3 Å². The smallest absolute Gasteiger partial charge is 0.191 e. The Morgan fingerprint density at radius 2 is 1.90 bits per heavy atom. The molecule has 8 heteroatoms. The van der Waals surface area contributed by atoms with Crippen molar-refractivity contribution in [2.24, 2.45) is 0 Å². The summed E-state index contributed by atoms with van der Waals surface area (Å²) >= 11 is 1.28. The van der Waals surface area contributed by atoms with Crippen molar-refractivity contribution in [1.82, 2.24) is 24.7 Å². The number of hydrogen-bond donors (Lipinski definition) is 0. The summed E-state index contributed by atoms with van der Waals surface area (Å²) in [7, 11) is 0. The number of hydrogen-bond acceptors (Lipinski definition) is 7. The summed E-state index contributed by atoms with van der Waals surface area (Å²) in [5.74, 6) is -0.116. The molecule has 1 atom stereocenters. The first-order valence-electron chi connectivity index (χ1n) is 9.30. The number of ketones is 1. The molecule has 3 rings (SSSR count). The number of thioether (sulfide) groups is 1. The van der Waals surface area contributed by atoms with Gasteiger partial charge < -0.3 is 4.57 Å². The van der Waals surface area contributed by atoms with Crippen LogP contribution in [0.4, 0.5) is 0 Å². The summed E-state index contributed by atoms with van der Waals surface area (Å²) in [5.41, 5.74) is 3.60. The van der Waals surface area contributed by atoms with Gasteiger partial charge in [0.1, 0.15) is 0 Å². The largest absolute Gasteiger partial charge is 0.302 e. The van der Waals surface area contributed by atoms with Gasteiger partial charge in [-0.2, -0.15) is 5.26 Å². The molecule has 0 aliphatic rings. The molecule has 0 aliphatic carbocycles. The molecule has 0 bridgehead atoms. The summed E-state index contributed by atoms with van der Waals surface area (Å²) in [6.45, 7) is 8.36. The lowest BCUT2D eigenvalue weighted by atomic mass is 10.1. The van der Waals surface area contributed by atoms with Crippen molar-refractivity contribution in [2.45, 2.75) is 45.3 Å². The van der Waals surface area contributed by atoms with Gasteiger partial charge in [-0.3, -0.25) is 4.79 Å². The van der Waals surface area contributed by atoms with Crippen LogP contribution in [0.1, 0.15) is 35.6 Å². The quantitative estimate of drug-likeness (QED) is 0.552. The normalized spacial score (nSPS) is 11.8. The van der Waals surface area contributed by atoms with Gasteiger partial charge in [-0.25, -0.2) is 9.97 Å². The Balaban J connectivity index is 1.78. The molecule has 7 nitrogen and oxygen atoms in total. The van der Waals surface area contributed by atoms with Crippen molar-refractivity contribution in [2.75, 3.05) is 5.75 Å². The summed E-state index contributed by atoms with van der Waals surface area (Å²) in [4.78, 5) is 21.3. The highest BCUT2D eigenvalue weighted by Gasteiger charge is 2.25. The van der Waals surface area contributed by atoms with Crippen LogP contribution in [0, 0.1) is 32.1 Å². The van der Waals surface area contributed by atoms with Crippen LogP contribution in [0.15, 0.2) is 35.5 Å². The predicted octanol–water partition coefficient (Wildman–Crippen LogP) is 3.65. The highest BCUT2D eigenvalue weighted by atomic mass is 32.2. The van der Waals surface area contributed by atoms with Gasteiger partial charge in [0.2, 0.25) is 0 Å². The molecule has 3 aromatic rings. The van der Waals surface area contributed by atoms with E-state index in [1.54, 1.807) is 0 Å². The zero-order chi connectivity index (χ0) is 21.0. The maximum absolute atomic E-state index is 12.7. The number of nitriles is 1. The van der Waals surface area contributed by atoms with Crippen LogP contribution in [0.25, 0.3) is 11.4 Å². The molecule has 0 amide bonds. The van der Waals surface area contributed by atoms with Crippen LogP contribution in [0.2, 0.25) is 0 Å². The lowest BCUT2D eigenvalue weighted by molar-refractivity contribution is -0.117. The molecule has 0 radical (unpaired) electrons. The highest BCUT2D eigenvalue weighted by Crippen LogP contribution is 2.26. The van der Waals surface area contributed by atoms with E-state index >= 15 is 0 Å². The third-order valence-corrected chi connectivity index (χ3v) is 5.35. The van der Waals surface area contributed by atoms with E-state index in [9.17, 15) is 10.1 Å². The van der Waals surface area contributed by atoms with Crippen LogP contribution in [-0.4, -0.2) is 36.3 Å². The Morgan fingerprint density at radius 1 is 1.17 bits per heavy atom. The number of Topliss-reactive ketones (excluding diaryl/α,β-unsaturated/α-hetero) is 1. The topological polar surface area (TPSA) is 97.3 Å². The minimum atomic E-state index is -0.990. The van der Waals surface area contributed by atoms with E-state index in [2.05, 4.69) is 26.2 Å². The molecular weight excluding hydrogens is 384 g/mol. The molecule has 2 heterocycles. The fourth-order valence-corrected chi connectivity index (χ4v) is 3.96. The number of carbonyl (C=O) groups excluding carboxylic acids is 1. The van der Waals surface area contributed by atoms with Gasteiger partial charge in [0.25, 0.3) is 0 Å². The third-order valence-electron chi connectivity index (χ3n) is 4.36. The predicted molar refractivity (Wildman–Crippen MR) is 111 cm³/mol. The highest BCUT2D eigenvalue weighted by molar-refractivity contribution is 7.99. The Kier molecular flexibility index (Phi) is 6.39. The fraction of sp³-hybridized carbons (Fsp3) is 0.333.